The van der Waals surface area contributed by atoms with E-state index in [2.05, 4.69) is 20.8 Å². The molecule has 0 bridgehead atoms. The maximum atomic E-state index is 13.5. The number of carbonyl (C=O) groups excluding carboxylic acids is 5. The van der Waals surface area contributed by atoms with Crippen LogP contribution in [0.1, 0.15) is 73.5 Å². The van der Waals surface area contributed by atoms with Crippen molar-refractivity contribution in [2.75, 3.05) is 52.3 Å². The van der Waals surface area contributed by atoms with E-state index < -0.39 is 29.5 Å². The summed E-state index contributed by atoms with van der Waals surface area (Å²) in [7, 11) is 3.29. The average Bonchev–Trinajstić information content (AvgIpc) is 3.95. The van der Waals surface area contributed by atoms with Gasteiger partial charge in [-0.1, -0.05) is 20.8 Å². The van der Waals surface area contributed by atoms with Crippen molar-refractivity contribution >= 4 is 52.5 Å². The first-order chi connectivity index (χ1) is 35.4. The molecule has 5 N–H and O–H groups in total. The fourth-order valence-corrected chi connectivity index (χ4v) is 8.80. The van der Waals surface area contributed by atoms with E-state index in [1.807, 2.05) is 32.7 Å². The minimum Gasteiger partial charge on any atom is -0.508 e. The number of fused-ring (bicyclic) bond motifs is 2. The van der Waals surface area contributed by atoms with E-state index in [1.165, 1.54) is 29.5 Å². The van der Waals surface area contributed by atoms with Gasteiger partial charge in [0.2, 0.25) is 17.3 Å². The zero-order valence-electron chi connectivity index (χ0n) is 41.9. The molecule has 0 radical (unpaired) electrons. The summed E-state index contributed by atoms with van der Waals surface area (Å²) in [5.41, 5.74) is 3.94. The number of aromatic hydroxyl groups is 3. The molecule has 0 aliphatic carbocycles. The standard InChI is InChI=1S/C54H56N8O12/c1-8-37-39-22-34(64)14-19-43(39)57-48-41(37)26-61(7)44(48)24-42-31(27-63)28-72-52(69)54(42,5)74-53(70)60(6)20-21-71-29-47(67)56-32-10-15-35(16-11-32)73-36-17-12-33(13-18-36)62-49(58-59-50(62)51(68)55-9-2)40-23-38(30(3)4)45(65)25-46(40)66/h10-19,22-25,27,30,64-66H,8-9,20-21,26,28-29H2,1-7H3,(H,55,68)(H,56,67)/b44-24-. The molecule has 20 heteroatoms. The predicted octanol–water partition coefficient (Wildman–Crippen LogP) is 7.15. The van der Waals surface area contributed by atoms with Crippen molar-refractivity contribution in [1.82, 2.24) is 34.9 Å². The summed E-state index contributed by atoms with van der Waals surface area (Å²) in [5.74, 6) is -0.965. The molecule has 8 rings (SSSR count). The van der Waals surface area contributed by atoms with Gasteiger partial charge in [0.15, 0.2) is 5.82 Å². The quantitative estimate of drug-likeness (QED) is 0.0345. The zero-order chi connectivity index (χ0) is 53.0. The molecule has 2 aromatic heterocycles. The number of hydrogen-bond acceptors (Lipinski definition) is 16. The lowest BCUT2D eigenvalue weighted by molar-refractivity contribution is -0.161. The van der Waals surface area contributed by atoms with Gasteiger partial charge in [0.05, 0.1) is 29.1 Å². The van der Waals surface area contributed by atoms with Crippen LogP contribution in [-0.2, 0) is 41.6 Å². The monoisotopic (exact) mass is 1010 g/mol. The minimum atomic E-state index is -2.01. The van der Waals surface area contributed by atoms with E-state index in [9.17, 15) is 39.3 Å². The number of rotatable bonds is 17. The Labute approximate surface area is 425 Å². The number of aldehydes is 1. The largest absolute Gasteiger partial charge is 0.508 e. The SMILES string of the molecule is CCNC(=O)c1nnc(-c2cc(C(C)C)c(O)cc2O)n1-c1ccc(Oc2ccc(NC(=O)COCCN(C)C(=O)OC3(C)C(=O)OCC(C=O)=C3/C=C3/c4nc5ccc(O)cc5c(CC)c4CN3C)cc2)cc1. The van der Waals surface area contributed by atoms with Gasteiger partial charge in [-0.05, 0) is 116 Å². The third-order valence-electron chi connectivity index (χ3n) is 12.7. The molecule has 3 amide bonds. The van der Waals surface area contributed by atoms with E-state index in [0.29, 0.717) is 71.1 Å². The number of pyridine rings is 1. The van der Waals surface area contributed by atoms with Crippen LogP contribution in [0.3, 0.4) is 0 Å². The number of anilines is 1. The van der Waals surface area contributed by atoms with Gasteiger partial charge in [0.1, 0.15) is 48.2 Å². The first kappa shape index (κ1) is 51.6. The van der Waals surface area contributed by atoms with Gasteiger partial charge in [-0.15, -0.1) is 10.2 Å². The average molecular weight is 1010 g/mol. The number of amides is 3. The summed E-state index contributed by atoms with van der Waals surface area (Å²) >= 11 is 0. The number of hydrogen-bond donors (Lipinski definition) is 5. The summed E-state index contributed by atoms with van der Waals surface area (Å²) in [6.07, 6.45) is 1.98. The smallest absolute Gasteiger partial charge is 0.411 e. The molecule has 384 valence electrons. The Hall–Kier alpha value is -8.78. The first-order valence-electron chi connectivity index (χ1n) is 23.9. The molecule has 1 unspecified atom stereocenters. The van der Waals surface area contributed by atoms with Crippen molar-refractivity contribution in [2.45, 2.75) is 59.1 Å². The Morgan fingerprint density at radius 1 is 0.959 bits per heavy atom. The summed E-state index contributed by atoms with van der Waals surface area (Å²) in [4.78, 5) is 73.3. The van der Waals surface area contributed by atoms with E-state index in [1.54, 1.807) is 85.8 Å². The number of nitrogens with one attached hydrogen (secondary N) is 2. The highest BCUT2D eigenvalue weighted by Gasteiger charge is 2.48. The zero-order valence-corrected chi connectivity index (χ0v) is 41.9. The topological polar surface area (TPSA) is 257 Å². The number of carbonyl (C=O) groups is 5. The number of cyclic esters (lactones) is 1. The maximum absolute atomic E-state index is 13.5. The lowest BCUT2D eigenvalue weighted by Gasteiger charge is -2.34. The van der Waals surface area contributed by atoms with Gasteiger partial charge in [-0.3, -0.25) is 19.0 Å². The second kappa shape index (κ2) is 21.5. The van der Waals surface area contributed by atoms with Gasteiger partial charge < -0.3 is 54.7 Å². The Bertz CT molecular complexity index is 3240. The summed E-state index contributed by atoms with van der Waals surface area (Å²) in [5, 5.41) is 46.2. The number of esters is 1. The highest BCUT2D eigenvalue weighted by molar-refractivity contribution is 5.96. The van der Waals surface area contributed by atoms with Crippen LogP contribution in [0.25, 0.3) is 33.7 Å². The molecular formula is C54H56N8O12. The number of ether oxygens (including phenoxy) is 4. The number of phenolic OH excluding ortho intramolecular Hbond substituents is 3. The molecule has 0 spiro atoms. The number of likely N-dealkylation sites (N-methyl/N-ethyl adjacent to an activating group) is 1. The second-order valence-corrected chi connectivity index (χ2v) is 18.2. The number of phenols is 3. The number of benzene rings is 4. The summed E-state index contributed by atoms with van der Waals surface area (Å²) < 4.78 is 24.3. The van der Waals surface area contributed by atoms with Gasteiger partial charge in [-0.2, -0.15) is 0 Å². The van der Waals surface area contributed by atoms with Crippen LogP contribution in [0.2, 0.25) is 0 Å². The van der Waals surface area contributed by atoms with Crippen molar-refractivity contribution in [2.24, 2.45) is 0 Å². The Balaban J connectivity index is 0.861. The molecule has 0 fully saturated rings. The lowest BCUT2D eigenvalue weighted by atomic mass is 9.88. The molecule has 20 nitrogen and oxygen atoms in total. The van der Waals surface area contributed by atoms with Crippen molar-refractivity contribution in [1.29, 1.82) is 0 Å². The molecule has 0 saturated carbocycles. The predicted molar refractivity (Wildman–Crippen MR) is 272 cm³/mol. The number of aryl methyl sites for hydroxylation is 1. The number of aromatic nitrogens is 4. The van der Waals surface area contributed by atoms with Gasteiger partial charge >= 0.3 is 12.1 Å². The van der Waals surface area contributed by atoms with Crippen molar-refractivity contribution in [3.63, 3.8) is 0 Å². The highest BCUT2D eigenvalue weighted by Crippen LogP contribution is 2.42. The fourth-order valence-electron chi connectivity index (χ4n) is 8.80. The van der Waals surface area contributed by atoms with Crippen LogP contribution in [0.15, 0.2) is 96.1 Å². The van der Waals surface area contributed by atoms with E-state index in [-0.39, 0.29) is 77.9 Å². The molecule has 2 aliphatic heterocycles. The van der Waals surface area contributed by atoms with E-state index in [0.717, 1.165) is 16.5 Å². The molecule has 6 aromatic rings. The number of nitrogens with zero attached hydrogens (tertiary/aromatic N) is 6. The van der Waals surface area contributed by atoms with Gasteiger partial charge in [0, 0.05) is 73.3 Å². The summed E-state index contributed by atoms with van der Waals surface area (Å²) in [6, 6.07) is 21.2. The Morgan fingerprint density at radius 2 is 1.68 bits per heavy atom. The van der Waals surface area contributed by atoms with Crippen molar-refractivity contribution < 1.29 is 58.2 Å². The van der Waals surface area contributed by atoms with E-state index in [4.69, 9.17) is 23.9 Å². The lowest BCUT2D eigenvalue weighted by Crippen LogP contribution is -2.49. The Morgan fingerprint density at radius 3 is 2.35 bits per heavy atom. The third kappa shape index (κ3) is 10.4. The van der Waals surface area contributed by atoms with Crippen LogP contribution in [0.4, 0.5) is 10.5 Å². The molecule has 4 aromatic carbocycles. The van der Waals surface area contributed by atoms with Crippen LogP contribution in [0, 0.1) is 0 Å². The first-order valence-corrected chi connectivity index (χ1v) is 23.9. The molecule has 2 aliphatic rings. The maximum Gasteiger partial charge on any atom is 0.411 e. The van der Waals surface area contributed by atoms with Crippen LogP contribution >= 0.6 is 0 Å². The third-order valence-corrected chi connectivity index (χ3v) is 12.7. The van der Waals surface area contributed by atoms with Crippen LogP contribution in [0.5, 0.6) is 28.7 Å². The van der Waals surface area contributed by atoms with Crippen molar-refractivity contribution in [3.8, 4) is 45.8 Å². The molecule has 1 atom stereocenters. The Kier molecular flexibility index (Phi) is 15.0. The highest BCUT2D eigenvalue weighted by atomic mass is 16.6. The molecule has 74 heavy (non-hydrogen) atoms. The molecule has 4 heterocycles. The van der Waals surface area contributed by atoms with Crippen LogP contribution < -0.4 is 15.4 Å². The molecular weight excluding hydrogens is 953 g/mol. The van der Waals surface area contributed by atoms with Gasteiger partial charge in [0.25, 0.3) is 5.91 Å². The molecule has 0 saturated heterocycles. The second-order valence-electron chi connectivity index (χ2n) is 18.2. The minimum absolute atomic E-state index is 0.0115. The van der Waals surface area contributed by atoms with E-state index >= 15 is 0 Å². The fraction of sp³-hybridized carbons (Fsp3) is 0.296. The normalized spacial score (nSPS) is 15.8. The summed E-state index contributed by atoms with van der Waals surface area (Å²) in [6.45, 7) is 9.04. The van der Waals surface area contributed by atoms with Gasteiger partial charge in [-0.25, -0.2) is 14.6 Å². The van der Waals surface area contributed by atoms with Crippen LogP contribution in [-0.4, -0.2) is 128 Å². The van der Waals surface area contributed by atoms with Crippen molar-refractivity contribution in [3.05, 3.63) is 124 Å².